The molecule has 0 radical (unpaired) electrons. The van der Waals surface area contributed by atoms with Gasteiger partial charge in [0.15, 0.2) is 0 Å². The second-order valence-corrected chi connectivity index (χ2v) is 6.45. The summed E-state index contributed by atoms with van der Waals surface area (Å²) in [7, 11) is 0. The fourth-order valence-electron chi connectivity index (χ4n) is 3.16. The molecule has 0 amide bonds. The zero-order valence-corrected chi connectivity index (χ0v) is 14.1. The van der Waals surface area contributed by atoms with Gasteiger partial charge in [-0.05, 0) is 37.6 Å². The highest BCUT2D eigenvalue weighted by molar-refractivity contribution is 5.69. The quantitative estimate of drug-likeness (QED) is 0.634. The minimum Gasteiger partial charge on any atom is -0.481 e. The summed E-state index contributed by atoms with van der Waals surface area (Å²) < 4.78 is 0. The first-order valence-electron chi connectivity index (χ1n) is 8.55. The minimum atomic E-state index is -0.706. The van der Waals surface area contributed by atoms with E-state index in [2.05, 4.69) is 0 Å². The van der Waals surface area contributed by atoms with E-state index in [-0.39, 0.29) is 17.8 Å². The number of carbonyl (C=O) groups is 2. The molecule has 0 aromatic carbocycles. The molecule has 0 bridgehead atoms. The Morgan fingerprint density at radius 1 is 1.05 bits per heavy atom. The molecule has 1 saturated carbocycles. The molecular weight excluding hydrogens is 282 g/mol. The lowest BCUT2D eigenvalue weighted by atomic mass is 9.72. The Morgan fingerprint density at radius 2 is 1.55 bits per heavy atom. The van der Waals surface area contributed by atoms with Gasteiger partial charge in [0.25, 0.3) is 0 Å². The van der Waals surface area contributed by atoms with Crippen molar-refractivity contribution in [2.75, 3.05) is 6.54 Å². The smallest absolute Gasteiger partial charge is 0.306 e. The summed E-state index contributed by atoms with van der Waals surface area (Å²) in [5, 5.41) is 17.3. The SMILES string of the molecule is CCCC(CCC)C(=O)O.NCC1(CC(=O)O)CCCCC1. The van der Waals surface area contributed by atoms with Gasteiger partial charge < -0.3 is 15.9 Å². The maximum absolute atomic E-state index is 10.6. The summed E-state index contributed by atoms with van der Waals surface area (Å²) in [5.41, 5.74) is 5.54. The first-order valence-corrected chi connectivity index (χ1v) is 8.55. The van der Waals surface area contributed by atoms with Crippen LogP contribution in [0.2, 0.25) is 0 Å². The molecule has 5 nitrogen and oxygen atoms in total. The molecule has 1 rings (SSSR count). The Balaban J connectivity index is 0.000000409. The van der Waals surface area contributed by atoms with E-state index in [4.69, 9.17) is 15.9 Å². The number of hydrogen-bond donors (Lipinski definition) is 3. The van der Waals surface area contributed by atoms with Crippen molar-refractivity contribution in [3.8, 4) is 0 Å². The van der Waals surface area contributed by atoms with Gasteiger partial charge in [-0.3, -0.25) is 9.59 Å². The van der Waals surface area contributed by atoms with Crippen molar-refractivity contribution in [2.24, 2.45) is 17.1 Å². The number of carboxylic acids is 2. The standard InChI is InChI=1S/C9H17NO2.C8H16O2/c10-7-9(6-8(11)12)4-2-1-3-5-9;1-3-5-7(6-4-2)8(9)10/h1-7,10H2,(H,11,12);7H,3-6H2,1-2H3,(H,9,10). The van der Waals surface area contributed by atoms with E-state index in [0.717, 1.165) is 51.4 Å². The molecule has 5 heteroatoms. The molecular formula is C17H33NO4. The van der Waals surface area contributed by atoms with Crippen molar-refractivity contribution < 1.29 is 19.8 Å². The van der Waals surface area contributed by atoms with Crippen LogP contribution < -0.4 is 5.73 Å². The molecule has 1 aliphatic carbocycles. The highest BCUT2D eigenvalue weighted by Gasteiger charge is 2.32. The van der Waals surface area contributed by atoms with Crippen LogP contribution in [0.15, 0.2) is 0 Å². The maximum Gasteiger partial charge on any atom is 0.306 e. The fraction of sp³-hybridized carbons (Fsp3) is 0.882. The van der Waals surface area contributed by atoms with E-state index in [1.807, 2.05) is 13.8 Å². The van der Waals surface area contributed by atoms with E-state index >= 15 is 0 Å². The van der Waals surface area contributed by atoms with Crippen molar-refractivity contribution in [3.05, 3.63) is 0 Å². The molecule has 4 N–H and O–H groups in total. The molecule has 22 heavy (non-hydrogen) atoms. The van der Waals surface area contributed by atoms with Gasteiger partial charge in [-0.25, -0.2) is 0 Å². The highest BCUT2D eigenvalue weighted by atomic mass is 16.4. The van der Waals surface area contributed by atoms with Gasteiger partial charge in [-0.15, -0.1) is 0 Å². The third-order valence-corrected chi connectivity index (χ3v) is 4.50. The molecule has 0 unspecified atom stereocenters. The Labute approximate surface area is 134 Å². The topological polar surface area (TPSA) is 101 Å². The lowest BCUT2D eigenvalue weighted by molar-refractivity contribution is -0.142. The number of nitrogens with two attached hydrogens (primary N) is 1. The summed E-state index contributed by atoms with van der Waals surface area (Å²) >= 11 is 0. The Hall–Kier alpha value is -1.10. The zero-order chi connectivity index (χ0) is 17.0. The van der Waals surface area contributed by atoms with Gasteiger partial charge in [0.2, 0.25) is 0 Å². The molecule has 0 aromatic heterocycles. The van der Waals surface area contributed by atoms with Crippen molar-refractivity contribution in [3.63, 3.8) is 0 Å². The summed E-state index contributed by atoms with van der Waals surface area (Å²) in [6.07, 6.45) is 9.35. The lowest BCUT2D eigenvalue weighted by Gasteiger charge is -2.34. The first-order chi connectivity index (χ1) is 10.4. The second kappa shape index (κ2) is 11.5. The molecule has 1 fully saturated rings. The van der Waals surface area contributed by atoms with E-state index < -0.39 is 11.9 Å². The number of hydrogen-bond acceptors (Lipinski definition) is 3. The van der Waals surface area contributed by atoms with Gasteiger partial charge in [-0.2, -0.15) is 0 Å². The monoisotopic (exact) mass is 315 g/mol. The number of carboxylic acid groups (broad SMARTS) is 2. The molecule has 0 aliphatic heterocycles. The van der Waals surface area contributed by atoms with Gasteiger partial charge in [-0.1, -0.05) is 46.0 Å². The third kappa shape index (κ3) is 8.37. The average Bonchev–Trinajstić information content (AvgIpc) is 2.48. The predicted molar refractivity (Wildman–Crippen MR) is 87.8 cm³/mol. The number of aliphatic carboxylic acids is 2. The van der Waals surface area contributed by atoms with Crippen LogP contribution >= 0.6 is 0 Å². The molecule has 0 saturated heterocycles. The number of rotatable bonds is 8. The zero-order valence-electron chi connectivity index (χ0n) is 14.1. The van der Waals surface area contributed by atoms with Gasteiger partial charge >= 0.3 is 11.9 Å². The largest absolute Gasteiger partial charge is 0.481 e. The summed E-state index contributed by atoms with van der Waals surface area (Å²) in [4.78, 5) is 21.1. The van der Waals surface area contributed by atoms with Crippen molar-refractivity contribution in [1.82, 2.24) is 0 Å². The van der Waals surface area contributed by atoms with E-state index in [1.54, 1.807) is 0 Å². The second-order valence-electron chi connectivity index (χ2n) is 6.45. The van der Waals surface area contributed by atoms with Crippen LogP contribution in [0, 0.1) is 11.3 Å². The minimum absolute atomic E-state index is 0.0793. The molecule has 0 heterocycles. The molecule has 130 valence electrons. The van der Waals surface area contributed by atoms with Crippen LogP contribution in [0.1, 0.15) is 78.1 Å². The summed E-state index contributed by atoms with van der Waals surface area (Å²) in [5.74, 6) is -1.44. The molecule has 0 spiro atoms. The lowest BCUT2D eigenvalue weighted by Crippen LogP contribution is -2.34. The predicted octanol–water partition coefficient (Wildman–Crippen LogP) is 3.66. The third-order valence-electron chi connectivity index (χ3n) is 4.50. The van der Waals surface area contributed by atoms with Crippen molar-refractivity contribution >= 4 is 11.9 Å². The van der Waals surface area contributed by atoms with Crippen LogP contribution in [-0.2, 0) is 9.59 Å². The van der Waals surface area contributed by atoms with Crippen molar-refractivity contribution in [2.45, 2.75) is 78.1 Å². The van der Waals surface area contributed by atoms with Gasteiger partial charge in [0.05, 0.1) is 12.3 Å². The van der Waals surface area contributed by atoms with Gasteiger partial charge in [0, 0.05) is 0 Å². The van der Waals surface area contributed by atoms with Crippen LogP contribution in [0.3, 0.4) is 0 Å². The summed E-state index contributed by atoms with van der Waals surface area (Å²) in [6.45, 7) is 4.57. The summed E-state index contributed by atoms with van der Waals surface area (Å²) in [6, 6.07) is 0. The van der Waals surface area contributed by atoms with Crippen molar-refractivity contribution in [1.29, 1.82) is 0 Å². The fourth-order valence-corrected chi connectivity index (χ4v) is 3.16. The van der Waals surface area contributed by atoms with Crippen LogP contribution in [-0.4, -0.2) is 28.7 Å². The van der Waals surface area contributed by atoms with Crippen LogP contribution in [0.4, 0.5) is 0 Å². The normalized spacial score (nSPS) is 16.7. The first kappa shape index (κ1) is 20.9. The Morgan fingerprint density at radius 3 is 1.86 bits per heavy atom. The molecule has 0 aromatic rings. The highest BCUT2D eigenvalue weighted by Crippen LogP contribution is 2.38. The Bertz CT molecular complexity index is 319. The van der Waals surface area contributed by atoms with Gasteiger partial charge in [0.1, 0.15) is 0 Å². The molecule has 1 aliphatic rings. The van der Waals surface area contributed by atoms with E-state index in [0.29, 0.717) is 6.54 Å². The molecule has 0 atom stereocenters. The average molecular weight is 315 g/mol. The Kier molecular flexibility index (Phi) is 10.9. The van der Waals surface area contributed by atoms with E-state index in [1.165, 1.54) is 6.42 Å². The van der Waals surface area contributed by atoms with E-state index in [9.17, 15) is 9.59 Å². The van der Waals surface area contributed by atoms with Crippen LogP contribution in [0.5, 0.6) is 0 Å². The maximum atomic E-state index is 10.6. The van der Waals surface area contributed by atoms with Crippen LogP contribution in [0.25, 0.3) is 0 Å².